The van der Waals surface area contributed by atoms with Crippen molar-refractivity contribution in [3.63, 3.8) is 0 Å². The fourth-order valence-electron chi connectivity index (χ4n) is 0.689. The number of aromatic nitrogens is 1. The summed E-state index contributed by atoms with van der Waals surface area (Å²) in [6.07, 6.45) is 2.43. The van der Waals surface area contributed by atoms with Crippen LogP contribution in [0.2, 0.25) is 5.02 Å². The first kappa shape index (κ1) is 9.84. The molecule has 0 radical (unpaired) electrons. The van der Waals surface area contributed by atoms with E-state index in [1.807, 2.05) is 12.1 Å². The normalized spacial score (nSPS) is 10.2. The van der Waals surface area contributed by atoms with Crippen LogP contribution in [0.1, 0.15) is 6.42 Å². The van der Waals surface area contributed by atoms with E-state index < -0.39 is 0 Å². The summed E-state index contributed by atoms with van der Waals surface area (Å²) in [5, 5.41) is 10.1. The van der Waals surface area contributed by atoms with Gasteiger partial charge in [0.2, 0.25) is 0 Å². The minimum absolute atomic E-state index is 0.237. The number of aliphatic hydroxyl groups excluding tert-OH is 1. The molecule has 0 fully saturated rings. The Labute approximate surface area is 81.0 Å². The Hall–Kier alpha value is -0.250. The molecule has 0 saturated carbocycles. The first-order valence-electron chi connectivity index (χ1n) is 3.68. The fraction of sp³-hybridized carbons (Fsp3) is 0.375. The van der Waals surface area contributed by atoms with E-state index in [2.05, 4.69) is 4.98 Å². The van der Waals surface area contributed by atoms with Gasteiger partial charge >= 0.3 is 0 Å². The van der Waals surface area contributed by atoms with Crippen LogP contribution in [0.3, 0.4) is 0 Å². The monoisotopic (exact) mass is 203 g/mol. The van der Waals surface area contributed by atoms with Crippen LogP contribution < -0.4 is 0 Å². The van der Waals surface area contributed by atoms with Crippen LogP contribution in [0.5, 0.6) is 0 Å². The van der Waals surface area contributed by atoms with E-state index in [0.29, 0.717) is 5.02 Å². The molecule has 66 valence electrons. The van der Waals surface area contributed by atoms with Gasteiger partial charge < -0.3 is 5.11 Å². The van der Waals surface area contributed by atoms with Crippen LogP contribution in [0.25, 0.3) is 0 Å². The highest BCUT2D eigenvalue weighted by Crippen LogP contribution is 2.17. The maximum atomic E-state index is 8.53. The number of hydrogen-bond donors (Lipinski definition) is 1. The van der Waals surface area contributed by atoms with Crippen molar-refractivity contribution in [3.8, 4) is 0 Å². The van der Waals surface area contributed by atoms with Gasteiger partial charge in [0.25, 0.3) is 0 Å². The third-order valence-corrected chi connectivity index (χ3v) is 2.51. The molecule has 4 heteroatoms. The number of pyridine rings is 1. The van der Waals surface area contributed by atoms with Gasteiger partial charge in [-0.25, -0.2) is 4.98 Å². The molecule has 1 heterocycles. The third-order valence-electron chi connectivity index (χ3n) is 1.25. The van der Waals surface area contributed by atoms with Crippen molar-refractivity contribution in [2.75, 3.05) is 12.4 Å². The van der Waals surface area contributed by atoms with E-state index in [-0.39, 0.29) is 6.61 Å². The molecule has 0 atom stereocenters. The zero-order valence-electron chi connectivity index (χ0n) is 6.53. The Morgan fingerprint density at radius 2 is 2.33 bits per heavy atom. The Kier molecular flexibility index (Phi) is 4.43. The average molecular weight is 204 g/mol. The molecule has 0 aliphatic heterocycles. The quantitative estimate of drug-likeness (QED) is 0.602. The van der Waals surface area contributed by atoms with Gasteiger partial charge in [0.15, 0.2) is 0 Å². The summed E-state index contributed by atoms with van der Waals surface area (Å²) in [5.41, 5.74) is 0. The zero-order chi connectivity index (χ0) is 8.81. The second-order valence-corrected chi connectivity index (χ2v) is 3.79. The lowest BCUT2D eigenvalue weighted by Crippen LogP contribution is -1.86. The summed E-state index contributed by atoms with van der Waals surface area (Å²) < 4.78 is 0. The minimum atomic E-state index is 0.237. The lowest BCUT2D eigenvalue weighted by molar-refractivity contribution is 0.296. The molecule has 0 aliphatic rings. The molecule has 0 aromatic carbocycles. The largest absolute Gasteiger partial charge is 0.396 e. The predicted molar refractivity (Wildman–Crippen MR) is 51.7 cm³/mol. The zero-order valence-corrected chi connectivity index (χ0v) is 8.11. The van der Waals surface area contributed by atoms with E-state index in [1.54, 1.807) is 18.0 Å². The number of aliphatic hydroxyl groups is 1. The average Bonchev–Trinajstić information content (AvgIpc) is 2.09. The van der Waals surface area contributed by atoms with Crippen LogP contribution >= 0.6 is 23.4 Å². The van der Waals surface area contributed by atoms with Gasteiger partial charge in [-0.3, -0.25) is 0 Å². The van der Waals surface area contributed by atoms with Crippen molar-refractivity contribution in [1.82, 2.24) is 4.98 Å². The maximum Gasteiger partial charge on any atom is 0.0960 e. The molecular weight excluding hydrogens is 194 g/mol. The van der Waals surface area contributed by atoms with Gasteiger partial charge in [0.1, 0.15) is 0 Å². The van der Waals surface area contributed by atoms with Crippen molar-refractivity contribution < 1.29 is 5.11 Å². The van der Waals surface area contributed by atoms with Gasteiger partial charge in [0, 0.05) is 18.6 Å². The number of hydrogen-bond acceptors (Lipinski definition) is 3. The highest BCUT2D eigenvalue weighted by molar-refractivity contribution is 7.99. The van der Waals surface area contributed by atoms with Gasteiger partial charge in [-0.05, 0) is 18.6 Å². The second kappa shape index (κ2) is 5.41. The topological polar surface area (TPSA) is 33.1 Å². The molecule has 1 aromatic heterocycles. The number of rotatable bonds is 4. The highest BCUT2D eigenvalue weighted by Gasteiger charge is 1.94. The van der Waals surface area contributed by atoms with Gasteiger partial charge in [-0.2, -0.15) is 0 Å². The molecule has 12 heavy (non-hydrogen) atoms. The molecular formula is C8H10ClNOS. The molecule has 0 unspecified atom stereocenters. The first-order chi connectivity index (χ1) is 5.83. The third kappa shape index (κ3) is 3.43. The predicted octanol–water partition coefficient (Wildman–Crippen LogP) is 2.21. The SMILES string of the molecule is OCCCSc1ccc(Cl)cn1. The molecule has 1 aromatic rings. The highest BCUT2D eigenvalue weighted by atomic mass is 35.5. The lowest BCUT2D eigenvalue weighted by Gasteiger charge is -1.98. The Bertz CT molecular complexity index is 227. The van der Waals surface area contributed by atoms with Gasteiger partial charge in [-0.15, -0.1) is 11.8 Å². The molecule has 1 rings (SSSR count). The molecule has 0 aliphatic carbocycles. The first-order valence-corrected chi connectivity index (χ1v) is 5.04. The van der Waals surface area contributed by atoms with Crippen LogP contribution in [0, 0.1) is 0 Å². The number of halogens is 1. The molecule has 0 amide bonds. The van der Waals surface area contributed by atoms with Gasteiger partial charge in [0.05, 0.1) is 10.0 Å². The molecule has 0 bridgehead atoms. The summed E-state index contributed by atoms with van der Waals surface area (Å²) in [6, 6.07) is 3.69. The van der Waals surface area contributed by atoms with E-state index in [0.717, 1.165) is 17.2 Å². The molecule has 2 nitrogen and oxygen atoms in total. The molecule has 0 saturated heterocycles. The maximum absolute atomic E-state index is 8.53. The van der Waals surface area contributed by atoms with E-state index >= 15 is 0 Å². The van der Waals surface area contributed by atoms with Crippen molar-refractivity contribution in [3.05, 3.63) is 23.4 Å². The number of thioether (sulfide) groups is 1. The summed E-state index contributed by atoms with van der Waals surface area (Å²) in [6.45, 7) is 0.237. The smallest absolute Gasteiger partial charge is 0.0960 e. The Balaban J connectivity index is 2.37. The molecule has 1 N–H and O–H groups in total. The fourth-order valence-corrected chi connectivity index (χ4v) is 1.57. The summed E-state index contributed by atoms with van der Waals surface area (Å²) in [4.78, 5) is 4.10. The second-order valence-electron chi connectivity index (χ2n) is 2.24. The number of nitrogens with zero attached hydrogens (tertiary/aromatic N) is 1. The summed E-state index contributed by atoms with van der Waals surface area (Å²) in [5.74, 6) is 0.894. The Morgan fingerprint density at radius 1 is 1.50 bits per heavy atom. The summed E-state index contributed by atoms with van der Waals surface area (Å²) >= 11 is 7.29. The summed E-state index contributed by atoms with van der Waals surface area (Å²) in [7, 11) is 0. The van der Waals surface area contributed by atoms with Crippen LogP contribution in [0.15, 0.2) is 23.4 Å². The van der Waals surface area contributed by atoms with Gasteiger partial charge in [-0.1, -0.05) is 11.6 Å². The van der Waals surface area contributed by atoms with E-state index in [4.69, 9.17) is 16.7 Å². The van der Waals surface area contributed by atoms with Crippen molar-refractivity contribution in [2.24, 2.45) is 0 Å². The molecule has 0 spiro atoms. The van der Waals surface area contributed by atoms with Crippen LogP contribution in [-0.4, -0.2) is 22.5 Å². The Morgan fingerprint density at radius 3 is 2.92 bits per heavy atom. The van der Waals surface area contributed by atoms with Crippen molar-refractivity contribution in [2.45, 2.75) is 11.4 Å². The van der Waals surface area contributed by atoms with Crippen molar-refractivity contribution >= 4 is 23.4 Å². The van der Waals surface area contributed by atoms with Crippen molar-refractivity contribution in [1.29, 1.82) is 0 Å². The minimum Gasteiger partial charge on any atom is -0.396 e. The lowest BCUT2D eigenvalue weighted by atomic mass is 10.5. The van der Waals surface area contributed by atoms with Crippen LogP contribution in [-0.2, 0) is 0 Å². The van der Waals surface area contributed by atoms with E-state index in [9.17, 15) is 0 Å². The standard InChI is InChI=1S/C8H10ClNOS/c9-7-2-3-8(10-6-7)12-5-1-4-11/h2-3,6,11H,1,4-5H2. The van der Waals surface area contributed by atoms with Crippen LogP contribution in [0.4, 0.5) is 0 Å². The van der Waals surface area contributed by atoms with E-state index in [1.165, 1.54) is 0 Å².